The van der Waals surface area contributed by atoms with Crippen molar-refractivity contribution in [1.29, 1.82) is 0 Å². The highest BCUT2D eigenvalue weighted by molar-refractivity contribution is 5.81. The molecule has 4 heteroatoms. The summed E-state index contributed by atoms with van der Waals surface area (Å²) in [4.78, 5) is 13.7. The summed E-state index contributed by atoms with van der Waals surface area (Å²) in [6, 6.07) is 0.485. The topological polar surface area (TPSA) is 58.4 Å². The second kappa shape index (κ2) is 6.08. The molecule has 0 bridgehead atoms. The molecule has 0 spiro atoms. The Kier molecular flexibility index (Phi) is 5.05. The van der Waals surface area contributed by atoms with Crippen LogP contribution in [0.3, 0.4) is 0 Å². The van der Waals surface area contributed by atoms with Crippen LogP contribution < -0.4 is 11.3 Å². The van der Waals surface area contributed by atoms with Gasteiger partial charge in [-0.3, -0.25) is 15.1 Å². The number of carbonyl (C=O) groups excluding carboxylic acids is 1. The third-order valence-electron chi connectivity index (χ3n) is 3.47. The molecule has 0 aromatic rings. The van der Waals surface area contributed by atoms with Gasteiger partial charge in [-0.25, -0.2) is 5.84 Å². The lowest BCUT2D eigenvalue weighted by Gasteiger charge is -2.35. The van der Waals surface area contributed by atoms with E-state index in [-0.39, 0.29) is 11.9 Å². The van der Waals surface area contributed by atoms with Crippen LogP contribution in [0.25, 0.3) is 0 Å². The summed E-state index contributed by atoms with van der Waals surface area (Å²) in [6.45, 7) is 2.03. The zero-order valence-corrected chi connectivity index (χ0v) is 9.83. The van der Waals surface area contributed by atoms with Crippen LogP contribution in [-0.2, 0) is 4.79 Å². The molecule has 1 amide bonds. The van der Waals surface area contributed by atoms with Gasteiger partial charge in [0.25, 0.3) is 5.91 Å². The maximum atomic E-state index is 11.5. The molecule has 1 fully saturated rings. The van der Waals surface area contributed by atoms with Crippen molar-refractivity contribution in [3.8, 4) is 0 Å². The molecule has 0 aliphatic heterocycles. The molecular weight excluding hydrogens is 190 g/mol. The van der Waals surface area contributed by atoms with Gasteiger partial charge >= 0.3 is 0 Å². The van der Waals surface area contributed by atoms with Gasteiger partial charge in [0.15, 0.2) is 0 Å². The van der Waals surface area contributed by atoms with Crippen LogP contribution in [0, 0.1) is 0 Å². The average molecular weight is 213 g/mol. The van der Waals surface area contributed by atoms with E-state index >= 15 is 0 Å². The van der Waals surface area contributed by atoms with E-state index in [1.165, 1.54) is 32.1 Å². The van der Waals surface area contributed by atoms with Crippen LogP contribution in [0.4, 0.5) is 0 Å². The summed E-state index contributed by atoms with van der Waals surface area (Å²) < 4.78 is 0. The van der Waals surface area contributed by atoms with Crippen LogP contribution in [-0.4, -0.2) is 29.9 Å². The van der Waals surface area contributed by atoms with E-state index in [0.717, 1.165) is 6.42 Å². The molecule has 88 valence electrons. The fourth-order valence-corrected chi connectivity index (χ4v) is 2.50. The molecule has 0 saturated heterocycles. The van der Waals surface area contributed by atoms with Gasteiger partial charge in [-0.05, 0) is 26.3 Å². The van der Waals surface area contributed by atoms with Crippen molar-refractivity contribution in [3.05, 3.63) is 0 Å². The molecule has 4 nitrogen and oxygen atoms in total. The Labute approximate surface area is 92.2 Å². The van der Waals surface area contributed by atoms with E-state index in [2.05, 4.69) is 10.3 Å². The monoisotopic (exact) mass is 213 g/mol. The fourth-order valence-electron chi connectivity index (χ4n) is 2.50. The number of nitrogens with one attached hydrogen (secondary N) is 1. The molecule has 1 rings (SSSR count). The van der Waals surface area contributed by atoms with Gasteiger partial charge in [-0.15, -0.1) is 0 Å². The van der Waals surface area contributed by atoms with Crippen LogP contribution in [0.5, 0.6) is 0 Å². The Morgan fingerprint density at radius 1 is 1.47 bits per heavy atom. The summed E-state index contributed by atoms with van der Waals surface area (Å²) in [7, 11) is 2.04. The highest BCUT2D eigenvalue weighted by atomic mass is 16.2. The predicted molar refractivity (Wildman–Crippen MR) is 61.0 cm³/mol. The zero-order chi connectivity index (χ0) is 11.3. The summed E-state index contributed by atoms with van der Waals surface area (Å²) in [5.41, 5.74) is 2.26. The third-order valence-corrected chi connectivity index (χ3v) is 3.47. The Morgan fingerprint density at radius 3 is 2.53 bits per heavy atom. The third kappa shape index (κ3) is 3.18. The lowest BCUT2D eigenvalue weighted by atomic mass is 9.93. The molecule has 15 heavy (non-hydrogen) atoms. The Bertz CT molecular complexity index is 202. The number of likely N-dealkylation sites (N-methyl/N-ethyl adjacent to an activating group) is 1. The second-order valence-corrected chi connectivity index (χ2v) is 4.39. The van der Waals surface area contributed by atoms with Gasteiger partial charge < -0.3 is 0 Å². The predicted octanol–water partition coefficient (Wildman–Crippen LogP) is 1.02. The minimum Gasteiger partial charge on any atom is -0.293 e. The Morgan fingerprint density at radius 2 is 2.07 bits per heavy atom. The van der Waals surface area contributed by atoms with Crippen molar-refractivity contribution in [3.63, 3.8) is 0 Å². The number of nitrogens with two attached hydrogens (primary N) is 1. The van der Waals surface area contributed by atoms with Crippen molar-refractivity contribution in [2.75, 3.05) is 7.05 Å². The summed E-state index contributed by atoms with van der Waals surface area (Å²) >= 11 is 0. The zero-order valence-electron chi connectivity index (χ0n) is 9.83. The first-order valence-electron chi connectivity index (χ1n) is 5.93. The highest BCUT2D eigenvalue weighted by Gasteiger charge is 2.27. The van der Waals surface area contributed by atoms with E-state index in [1.807, 2.05) is 14.0 Å². The summed E-state index contributed by atoms with van der Waals surface area (Å²) in [5, 5.41) is 0. The van der Waals surface area contributed by atoms with Crippen molar-refractivity contribution in [2.24, 2.45) is 5.84 Å². The quantitative estimate of drug-likeness (QED) is 0.416. The molecule has 1 aliphatic carbocycles. The van der Waals surface area contributed by atoms with E-state index in [0.29, 0.717) is 6.04 Å². The van der Waals surface area contributed by atoms with Crippen molar-refractivity contribution < 1.29 is 4.79 Å². The van der Waals surface area contributed by atoms with E-state index in [1.54, 1.807) is 0 Å². The van der Waals surface area contributed by atoms with Crippen molar-refractivity contribution in [2.45, 2.75) is 57.5 Å². The molecular formula is C11H23N3O. The van der Waals surface area contributed by atoms with Gasteiger partial charge in [0.2, 0.25) is 0 Å². The van der Waals surface area contributed by atoms with E-state index in [4.69, 9.17) is 5.84 Å². The molecule has 0 radical (unpaired) electrons. The van der Waals surface area contributed by atoms with Crippen molar-refractivity contribution >= 4 is 5.91 Å². The van der Waals surface area contributed by atoms with Gasteiger partial charge in [0.1, 0.15) is 0 Å². The highest BCUT2D eigenvalue weighted by Crippen LogP contribution is 2.23. The van der Waals surface area contributed by atoms with E-state index < -0.39 is 0 Å². The smallest absolute Gasteiger partial charge is 0.251 e. The SMILES string of the molecule is CCC(C(=O)NN)N(C)C1CCCCC1. The van der Waals surface area contributed by atoms with Crippen LogP contribution in [0.2, 0.25) is 0 Å². The van der Waals surface area contributed by atoms with Gasteiger partial charge in [0.05, 0.1) is 6.04 Å². The second-order valence-electron chi connectivity index (χ2n) is 4.39. The number of nitrogens with zero attached hydrogens (tertiary/aromatic N) is 1. The number of hydrogen-bond donors (Lipinski definition) is 2. The number of hydrogen-bond acceptors (Lipinski definition) is 3. The lowest BCUT2D eigenvalue weighted by Crippen LogP contribution is -2.51. The number of rotatable bonds is 4. The molecule has 0 aromatic heterocycles. The minimum atomic E-state index is -0.0712. The first-order chi connectivity index (χ1) is 7.20. The maximum Gasteiger partial charge on any atom is 0.251 e. The normalized spacial score (nSPS) is 20.3. The standard InChI is InChI=1S/C11H23N3O/c1-3-10(11(15)13-12)14(2)9-7-5-4-6-8-9/h9-10H,3-8,12H2,1-2H3,(H,13,15). The molecule has 1 aliphatic rings. The Hall–Kier alpha value is -0.610. The molecule has 3 N–H and O–H groups in total. The first-order valence-corrected chi connectivity index (χ1v) is 5.93. The van der Waals surface area contributed by atoms with E-state index in [9.17, 15) is 4.79 Å². The Balaban J connectivity index is 2.54. The largest absolute Gasteiger partial charge is 0.293 e. The average Bonchev–Trinajstić information content (AvgIpc) is 2.30. The lowest BCUT2D eigenvalue weighted by molar-refractivity contribution is -0.127. The number of hydrazine groups is 1. The van der Waals surface area contributed by atoms with Gasteiger partial charge in [-0.1, -0.05) is 26.2 Å². The van der Waals surface area contributed by atoms with Gasteiger partial charge in [-0.2, -0.15) is 0 Å². The first kappa shape index (κ1) is 12.5. The van der Waals surface area contributed by atoms with Gasteiger partial charge in [0, 0.05) is 6.04 Å². The summed E-state index contributed by atoms with van der Waals surface area (Å²) in [6.07, 6.45) is 7.15. The molecule has 1 atom stereocenters. The van der Waals surface area contributed by atoms with Crippen LogP contribution in [0.15, 0.2) is 0 Å². The summed E-state index contributed by atoms with van der Waals surface area (Å²) in [5.74, 6) is 5.13. The fraction of sp³-hybridized carbons (Fsp3) is 0.909. The van der Waals surface area contributed by atoms with Crippen LogP contribution >= 0.6 is 0 Å². The molecule has 0 heterocycles. The van der Waals surface area contributed by atoms with Crippen molar-refractivity contribution in [1.82, 2.24) is 10.3 Å². The molecule has 1 saturated carbocycles. The van der Waals surface area contributed by atoms with Crippen LogP contribution in [0.1, 0.15) is 45.4 Å². The molecule has 0 aromatic carbocycles. The molecule has 1 unspecified atom stereocenters. The number of amides is 1. The minimum absolute atomic E-state index is 0.0643. The number of carbonyl (C=O) groups is 1. The maximum absolute atomic E-state index is 11.5.